The van der Waals surface area contributed by atoms with Gasteiger partial charge in [-0.15, -0.1) is 0 Å². The van der Waals surface area contributed by atoms with Gasteiger partial charge in [0.15, 0.2) is 5.76 Å². The number of hydrogen-bond acceptors (Lipinski definition) is 4. The first-order chi connectivity index (χ1) is 10.7. The van der Waals surface area contributed by atoms with Gasteiger partial charge in [-0.3, -0.25) is 4.79 Å². The molecule has 1 aromatic carbocycles. The van der Waals surface area contributed by atoms with Crippen LogP contribution in [-0.4, -0.2) is 38.0 Å². The zero-order valence-electron chi connectivity index (χ0n) is 13.0. The second-order valence-corrected chi connectivity index (χ2v) is 5.29. The number of benzene rings is 1. The van der Waals surface area contributed by atoms with Crippen molar-refractivity contribution in [2.75, 3.05) is 27.2 Å². The lowest BCUT2D eigenvalue weighted by molar-refractivity contribution is 0.0921. The molecule has 2 rings (SSSR count). The first-order valence-corrected chi connectivity index (χ1v) is 7.34. The quantitative estimate of drug-likeness (QED) is 0.761. The van der Waals surface area contributed by atoms with Crippen LogP contribution in [-0.2, 0) is 6.61 Å². The summed E-state index contributed by atoms with van der Waals surface area (Å²) in [7, 11) is 4.01. The van der Waals surface area contributed by atoms with Gasteiger partial charge in [-0.05, 0) is 45.3 Å². The molecular weight excluding hydrogens is 280 g/mol. The lowest BCUT2D eigenvalue weighted by Crippen LogP contribution is -2.27. The van der Waals surface area contributed by atoms with E-state index in [1.165, 1.54) is 6.26 Å². The highest BCUT2D eigenvalue weighted by Gasteiger charge is 2.15. The summed E-state index contributed by atoms with van der Waals surface area (Å²) in [5.74, 6) is 0.886. The Labute approximate surface area is 130 Å². The third-order valence-electron chi connectivity index (χ3n) is 3.16. The number of amides is 1. The van der Waals surface area contributed by atoms with Crippen molar-refractivity contribution in [3.8, 4) is 5.75 Å². The molecule has 0 aliphatic carbocycles. The van der Waals surface area contributed by atoms with Gasteiger partial charge in [0.05, 0.1) is 6.26 Å². The van der Waals surface area contributed by atoms with Crippen molar-refractivity contribution in [2.24, 2.45) is 0 Å². The molecule has 0 radical (unpaired) electrons. The monoisotopic (exact) mass is 302 g/mol. The van der Waals surface area contributed by atoms with E-state index in [4.69, 9.17) is 9.15 Å². The van der Waals surface area contributed by atoms with E-state index in [0.717, 1.165) is 24.3 Å². The molecule has 1 aromatic heterocycles. The molecule has 0 unspecified atom stereocenters. The lowest BCUT2D eigenvalue weighted by Gasteiger charge is -2.10. The highest BCUT2D eigenvalue weighted by atomic mass is 16.5. The van der Waals surface area contributed by atoms with Gasteiger partial charge in [0.2, 0.25) is 0 Å². The van der Waals surface area contributed by atoms with Gasteiger partial charge in [-0.25, -0.2) is 0 Å². The minimum Gasteiger partial charge on any atom is -0.489 e. The number of furan rings is 1. The van der Waals surface area contributed by atoms with E-state index < -0.39 is 0 Å². The average Bonchev–Trinajstić information content (AvgIpc) is 2.99. The number of carbonyl (C=O) groups is 1. The topological polar surface area (TPSA) is 54.7 Å². The summed E-state index contributed by atoms with van der Waals surface area (Å²) in [4.78, 5) is 14.2. The number of rotatable bonds is 8. The average molecular weight is 302 g/mol. The minimum atomic E-state index is -0.199. The van der Waals surface area contributed by atoms with E-state index in [1.54, 1.807) is 6.07 Å². The highest BCUT2D eigenvalue weighted by Crippen LogP contribution is 2.15. The number of nitrogens with one attached hydrogen (secondary N) is 1. The third-order valence-corrected chi connectivity index (χ3v) is 3.16. The van der Waals surface area contributed by atoms with Crippen LogP contribution < -0.4 is 10.1 Å². The first-order valence-electron chi connectivity index (χ1n) is 7.34. The summed E-state index contributed by atoms with van der Waals surface area (Å²) in [6.07, 6.45) is 2.41. The van der Waals surface area contributed by atoms with E-state index in [0.29, 0.717) is 18.9 Å². The van der Waals surface area contributed by atoms with Gasteiger partial charge in [-0.2, -0.15) is 0 Å². The van der Waals surface area contributed by atoms with Gasteiger partial charge < -0.3 is 19.4 Å². The second-order valence-electron chi connectivity index (χ2n) is 5.29. The van der Waals surface area contributed by atoms with Crippen LogP contribution >= 0.6 is 0 Å². The maximum Gasteiger partial charge on any atom is 0.287 e. The number of ether oxygens (including phenoxy) is 1. The summed E-state index contributed by atoms with van der Waals surface area (Å²) >= 11 is 0. The van der Waals surface area contributed by atoms with Crippen molar-refractivity contribution in [1.29, 1.82) is 0 Å². The summed E-state index contributed by atoms with van der Waals surface area (Å²) < 4.78 is 10.9. The Balaban J connectivity index is 1.84. The SMILES string of the molecule is CN(C)CCCNC(=O)c1occc1COc1ccccc1. The molecule has 22 heavy (non-hydrogen) atoms. The molecule has 0 aliphatic rings. The highest BCUT2D eigenvalue weighted by molar-refractivity contribution is 5.92. The number of para-hydroxylation sites is 1. The standard InChI is InChI=1S/C17H22N2O3/c1-19(2)11-6-10-18-17(20)16-14(9-12-21-16)13-22-15-7-4-3-5-8-15/h3-5,7-9,12H,6,10-11,13H2,1-2H3,(H,18,20). The van der Waals surface area contributed by atoms with Gasteiger partial charge in [0.1, 0.15) is 12.4 Å². The van der Waals surface area contributed by atoms with Crippen LogP contribution in [0.25, 0.3) is 0 Å². The van der Waals surface area contributed by atoms with Gasteiger partial charge in [-0.1, -0.05) is 18.2 Å². The molecule has 5 nitrogen and oxygen atoms in total. The largest absolute Gasteiger partial charge is 0.489 e. The number of hydrogen-bond donors (Lipinski definition) is 1. The maximum absolute atomic E-state index is 12.1. The van der Waals surface area contributed by atoms with Gasteiger partial charge in [0, 0.05) is 12.1 Å². The molecule has 1 heterocycles. The van der Waals surface area contributed by atoms with Crippen molar-refractivity contribution >= 4 is 5.91 Å². The summed E-state index contributed by atoms with van der Waals surface area (Å²) in [5.41, 5.74) is 0.744. The predicted octanol–water partition coefficient (Wildman–Crippen LogP) is 2.54. The van der Waals surface area contributed by atoms with E-state index in [-0.39, 0.29) is 5.91 Å². The van der Waals surface area contributed by atoms with E-state index >= 15 is 0 Å². The van der Waals surface area contributed by atoms with Crippen molar-refractivity contribution in [3.63, 3.8) is 0 Å². The predicted molar refractivity (Wildman–Crippen MR) is 85.0 cm³/mol. The molecule has 0 saturated carbocycles. The molecule has 0 atom stereocenters. The zero-order valence-corrected chi connectivity index (χ0v) is 13.0. The molecular formula is C17H22N2O3. The fraction of sp³-hybridized carbons (Fsp3) is 0.353. The molecule has 0 aliphatic heterocycles. The van der Waals surface area contributed by atoms with Crippen LogP contribution in [0, 0.1) is 0 Å². The molecule has 1 amide bonds. The van der Waals surface area contributed by atoms with Crippen LogP contribution in [0.1, 0.15) is 22.5 Å². The Morgan fingerprint density at radius 2 is 2.00 bits per heavy atom. The van der Waals surface area contributed by atoms with Gasteiger partial charge in [0.25, 0.3) is 5.91 Å². The Morgan fingerprint density at radius 3 is 2.73 bits per heavy atom. The van der Waals surface area contributed by atoms with Crippen LogP contribution in [0.4, 0.5) is 0 Å². The Morgan fingerprint density at radius 1 is 1.23 bits per heavy atom. The van der Waals surface area contributed by atoms with E-state index in [9.17, 15) is 4.79 Å². The fourth-order valence-corrected chi connectivity index (χ4v) is 2.00. The fourth-order valence-electron chi connectivity index (χ4n) is 2.00. The van der Waals surface area contributed by atoms with Crippen molar-refractivity contribution in [3.05, 3.63) is 54.0 Å². The maximum atomic E-state index is 12.1. The second kappa shape index (κ2) is 8.24. The van der Waals surface area contributed by atoms with Crippen LogP contribution in [0.5, 0.6) is 5.75 Å². The van der Waals surface area contributed by atoms with Crippen LogP contribution in [0.15, 0.2) is 47.1 Å². The Bertz CT molecular complexity index is 579. The molecule has 5 heteroatoms. The van der Waals surface area contributed by atoms with Crippen molar-refractivity contribution < 1.29 is 13.9 Å². The number of nitrogens with zero attached hydrogens (tertiary/aromatic N) is 1. The molecule has 0 bridgehead atoms. The normalized spacial score (nSPS) is 10.7. The Kier molecular flexibility index (Phi) is 6.03. The molecule has 2 aromatic rings. The van der Waals surface area contributed by atoms with Crippen LogP contribution in [0.2, 0.25) is 0 Å². The van der Waals surface area contributed by atoms with Crippen molar-refractivity contribution in [1.82, 2.24) is 10.2 Å². The molecule has 0 fully saturated rings. The summed E-state index contributed by atoms with van der Waals surface area (Å²) in [6.45, 7) is 1.86. The summed E-state index contributed by atoms with van der Waals surface area (Å²) in [5, 5.41) is 2.86. The third kappa shape index (κ3) is 4.93. The van der Waals surface area contributed by atoms with Gasteiger partial charge >= 0.3 is 0 Å². The molecule has 1 N–H and O–H groups in total. The molecule has 118 valence electrons. The lowest BCUT2D eigenvalue weighted by atomic mass is 10.2. The zero-order chi connectivity index (χ0) is 15.8. The van der Waals surface area contributed by atoms with E-state index in [2.05, 4.69) is 10.2 Å². The smallest absolute Gasteiger partial charge is 0.287 e. The first kappa shape index (κ1) is 16.1. The number of carbonyl (C=O) groups excluding carboxylic acids is 1. The van der Waals surface area contributed by atoms with Crippen molar-refractivity contribution in [2.45, 2.75) is 13.0 Å². The van der Waals surface area contributed by atoms with E-state index in [1.807, 2.05) is 44.4 Å². The summed E-state index contributed by atoms with van der Waals surface area (Å²) in [6, 6.07) is 11.3. The minimum absolute atomic E-state index is 0.199. The molecule has 0 saturated heterocycles. The molecule has 0 spiro atoms. The Hall–Kier alpha value is -2.27. The van der Waals surface area contributed by atoms with Crippen LogP contribution in [0.3, 0.4) is 0 Å².